The molecular formula is C22H30N6O3S. The van der Waals surface area contributed by atoms with Gasteiger partial charge in [-0.15, -0.1) is 11.3 Å². The SMILES string of the molecule is CCCCn1c(=O)[nH]c(=O)c2c1nc(CN1CCC(NC(=O)c3cccs3)CC1)n2CC. The van der Waals surface area contributed by atoms with Crippen LogP contribution in [0, 0.1) is 0 Å². The van der Waals surface area contributed by atoms with E-state index in [0.29, 0.717) is 30.8 Å². The van der Waals surface area contributed by atoms with Gasteiger partial charge in [-0.05, 0) is 37.6 Å². The second-order valence-electron chi connectivity index (χ2n) is 8.21. The Bertz CT molecular complexity index is 1180. The lowest BCUT2D eigenvalue weighted by Crippen LogP contribution is -2.44. The first-order chi connectivity index (χ1) is 15.5. The lowest BCUT2D eigenvalue weighted by Gasteiger charge is -2.32. The van der Waals surface area contributed by atoms with Gasteiger partial charge >= 0.3 is 5.69 Å². The van der Waals surface area contributed by atoms with Gasteiger partial charge in [0.1, 0.15) is 5.82 Å². The van der Waals surface area contributed by atoms with Gasteiger partial charge in [-0.25, -0.2) is 9.78 Å². The number of fused-ring (bicyclic) bond motifs is 1. The molecule has 32 heavy (non-hydrogen) atoms. The molecule has 2 N–H and O–H groups in total. The first-order valence-electron chi connectivity index (χ1n) is 11.3. The number of aryl methyl sites for hydroxylation is 2. The molecule has 1 aliphatic heterocycles. The van der Waals surface area contributed by atoms with Crippen molar-refractivity contribution in [1.82, 2.24) is 29.3 Å². The maximum absolute atomic E-state index is 12.6. The van der Waals surface area contributed by atoms with E-state index < -0.39 is 5.69 Å². The number of H-pyrrole nitrogens is 1. The fourth-order valence-electron chi connectivity index (χ4n) is 4.30. The number of carbonyl (C=O) groups is 1. The van der Waals surface area contributed by atoms with Gasteiger partial charge in [0.15, 0.2) is 11.2 Å². The number of imidazole rings is 1. The number of hydrogen-bond donors (Lipinski definition) is 2. The molecule has 1 saturated heterocycles. The van der Waals surface area contributed by atoms with Crippen molar-refractivity contribution in [1.29, 1.82) is 0 Å². The second-order valence-corrected chi connectivity index (χ2v) is 9.16. The van der Waals surface area contributed by atoms with Crippen LogP contribution in [0.4, 0.5) is 0 Å². The van der Waals surface area contributed by atoms with Crippen molar-refractivity contribution in [3.05, 3.63) is 49.1 Å². The minimum Gasteiger partial charge on any atom is -0.349 e. The number of piperidine rings is 1. The number of carbonyl (C=O) groups excluding carboxylic acids is 1. The van der Waals surface area contributed by atoms with Crippen LogP contribution in [0.5, 0.6) is 0 Å². The predicted octanol–water partition coefficient (Wildman–Crippen LogP) is 2.16. The van der Waals surface area contributed by atoms with Crippen molar-refractivity contribution in [2.45, 2.75) is 65.2 Å². The molecule has 172 valence electrons. The topological polar surface area (TPSA) is 105 Å². The Hall–Kier alpha value is -2.72. The highest BCUT2D eigenvalue weighted by Gasteiger charge is 2.24. The number of nitrogens with zero attached hydrogens (tertiary/aromatic N) is 4. The molecule has 0 bridgehead atoms. The number of likely N-dealkylation sites (tertiary alicyclic amines) is 1. The number of thiophene rings is 1. The summed E-state index contributed by atoms with van der Waals surface area (Å²) in [4.78, 5) is 47.5. The summed E-state index contributed by atoms with van der Waals surface area (Å²) in [7, 11) is 0. The summed E-state index contributed by atoms with van der Waals surface area (Å²) in [5.41, 5.74) is 0.164. The number of amides is 1. The van der Waals surface area contributed by atoms with Crippen LogP contribution in [0.3, 0.4) is 0 Å². The van der Waals surface area contributed by atoms with Crippen molar-refractivity contribution in [3.63, 3.8) is 0 Å². The Morgan fingerprint density at radius 3 is 2.69 bits per heavy atom. The molecule has 3 aromatic rings. The molecule has 1 fully saturated rings. The van der Waals surface area contributed by atoms with Gasteiger partial charge in [-0.1, -0.05) is 19.4 Å². The molecule has 3 aromatic heterocycles. The number of unbranched alkanes of at least 4 members (excludes halogenated alkanes) is 1. The summed E-state index contributed by atoms with van der Waals surface area (Å²) in [6.45, 7) is 7.47. The zero-order valence-electron chi connectivity index (χ0n) is 18.6. The molecule has 9 nitrogen and oxygen atoms in total. The number of aromatic amines is 1. The second kappa shape index (κ2) is 9.83. The van der Waals surface area contributed by atoms with Crippen LogP contribution in [-0.2, 0) is 19.6 Å². The number of rotatable bonds is 8. The van der Waals surface area contributed by atoms with Crippen LogP contribution in [0.1, 0.15) is 55.0 Å². The molecule has 0 aromatic carbocycles. The molecule has 10 heteroatoms. The van der Waals surface area contributed by atoms with E-state index >= 15 is 0 Å². The maximum atomic E-state index is 12.6. The quantitative estimate of drug-likeness (QED) is 0.538. The summed E-state index contributed by atoms with van der Waals surface area (Å²) in [6, 6.07) is 3.88. The summed E-state index contributed by atoms with van der Waals surface area (Å²) in [5, 5.41) is 5.04. The average Bonchev–Trinajstić information content (AvgIpc) is 3.43. The molecule has 0 atom stereocenters. The largest absolute Gasteiger partial charge is 0.349 e. The highest BCUT2D eigenvalue weighted by atomic mass is 32.1. The average molecular weight is 459 g/mol. The zero-order valence-corrected chi connectivity index (χ0v) is 19.4. The minimum absolute atomic E-state index is 0.00417. The van der Waals surface area contributed by atoms with Gasteiger partial charge in [0.25, 0.3) is 11.5 Å². The fourth-order valence-corrected chi connectivity index (χ4v) is 4.93. The molecule has 0 unspecified atom stereocenters. The van der Waals surface area contributed by atoms with Crippen LogP contribution in [0.15, 0.2) is 27.1 Å². The zero-order chi connectivity index (χ0) is 22.7. The maximum Gasteiger partial charge on any atom is 0.330 e. The standard InChI is InChI=1S/C22H30N6O3S/c1-3-5-10-28-19-18(21(30)25-22(28)31)27(4-2)17(24-19)14-26-11-8-15(9-12-26)23-20(29)16-7-6-13-32-16/h6-7,13,15H,3-5,8-12,14H2,1-2H3,(H,23,29)(H,25,30,31). The molecule has 0 radical (unpaired) electrons. The van der Waals surface area contributed by atoms with Gasteiger partial charge in [0.05, 0.1) is 11.4 Å². The third-order valence-corrected chi connectivity index (χ3v) is 6.92. The Kier molecular flexibility index (Phi) is 6.90. The number of nitrogens with one attached hydrogen (secondary N) is 2. The monoisotopic (exact) mass is 458 g/mol. The first-order valence-corrected chi connectivity index (χ1v) is 12.2. The third kappa shape index (κ3) is 4.56. The van der Waals surface area contributed by atoms with E-state index in [1.807, 2.05) is 29.0 Å². The van der Waals surface area contributed by atoms with E-state index in [0.717, 1.165) is 49.5 Å². The molecule has 0 aliphatic carbocycles. The Morgan fingerprint density at radius 1 is 1.25 bits per heavy atom. The molecule has 4 heterocycles. The molecule has 1 amide bonds. The van der Waals surface area contributed by atoms with Crippen molar-refractivity contribution in [2.75, 3.05) is 13.1 Å². The first kappa shape index (κ1) is 22.5. The molecule has 0 saturated carbocycles. The van der Waals surface area contributed by atoms with Gasteiger partial charge < -0.3 is 9.88 Å². The normalized spacial score (nSPS) is 15.4. The third-order valence-electron chi connectivity index (χ3n) is 6.05. The highest BCUT2D eigenvalue weighted by molar-refractivity contribution is 7.12. The molecule has 4 rings (SSSR count). The van der Waals surface area contributed by atoms with Crippen molar-refractivity contribution < 1.29 is 4.79 Å². The highest BCUT2D eigenvalue weighted by Crippen LogP contribution is 2.18. The smallest absolute Gasteiger partial charge is 0.330 e. The van der Waals surface area contributed by atoms with Crippen LogP contribution < -0.4 is 16.6 Å². The number of aromatic nitrogens is 4. The van der Waals surface area contributed by atoms with Gasteiger partial charge in [-0.2, -0.15) is 0 Å². The van der Waals surface area contributed by atoms with E-state index in [1.165, 1.54) is 11.3 Å². The van der Waals surface area contributed by atoms with Crippen molar-refractivity contribution in [3.8, 4) is 0 Å². The van der Waals surface area contributed by atoms with Crippen LogP contribution >= 0.6 is 11.3 Å². The van der Waals surface area contributed by atoms with E-state index in [9.17, 15) is 14.4 Å². The van der Waals surface area contributed by atoms with Crippen molar-refractivity contribution in [2.24, 2.45) is 0 Å². The van der Waals surface area contributed by atoms with Crippen LogP contribution in [0.2, 0.25) is 0 Å². The molecular weight excluding hydrogens is 428 g/mol. The Balaban J connectivity index is 1.48. The molecule has 0 spiro atoms. The van der Waals surface area contributed by atoms with Gasteiger partial charge in [-0.3, -0.25) is 24.0 Å². The van der Waals surface area contributed by atoms with E-state index in [4.69, 9.17) is 4.98 Å². The van der Waals surface area contributed by atoms with Gasteiger partial charge in [0.2, 0.25) is 0 Å². The van der Waals surface area contributed by atoms with Crippen LogP contribution in [-0.4, -0.2) is 49.0 Å². The van der Waals surface area contributed by atoms with Crippen molar-refractivity contribution >= 4 is 28.4 Å². The summed E-state index contributed by atoms with van der Waals surface area (Å²) < 4.78 is 3.50. The van der Waals surface area contributed by atoms with E-state index in [-0.39, 0.29) is 17.5 Å². The minimum atomic E-state index is -0.398. The Labute approximate surface area is 190 Å². The summed E-state index contributed by atoms with van der Waals surface area (Å²) in [6.07, 6.45) is 3.53. The molecule has 1 aliphatic rings. The van der Waals surface area contributed by atoms with E-state index in [2.05, 4.69) is 22.1 Å². The summed E-state index contributed by atoms with van der Waals surface area (Å²) in [5.74, 6) is 0.792. The summed E-state index contributed by atoms with van der Waals surface area (Å²) >= 11 is 1.45. The van der Waals surface area contributed by atoms with E-state index in [1.54, 1.807) is 4.57 Å². The van der Waals surface area contributed by atoms with Gasteiger partial charge in [0, 0.05) is 32.2 Å². The van der Waals surface area contributed by atoms with Crippen LogP contribution in [0.25, 0.3) is 11.2 Å². The predicted molar refractivity (Wildman–Crippen MR) is 125 cm³/mol. The Morgan fingerprint density at radius 2 is 2.03 bits per heavy atom. The number of hydrogen-bond acceptors (Lipinski definition) is 6. The lowest BCUT2D eigenvalue weighted by atomic mass is 10.0. The lowest BCUT2D eigenvalue weighted by molar-refractivity contribution is 0.0912. The fraction of sp³-hybridized carbons (Fsp3) is 0.545.